The Bertz CT molecular complexity index is 572. The lowest BCUT2D eigenvalue weighted by atomic mass is 9.61. The van der Waals surface area contributed by atoms with Crippen LogP contribution in [0.1, 0.15) is 39.0 Å². The number of rotatable bonds is 0. The van der Waals surface area contributed by atoms with Crippen LogP contribution in [0.3, 0.4) is 0 Å². The van der Waals surface area contributed by atoms with Crippen molar-refractivity contribution in [1.29, 1.82) is 0 Å². The third-order valence-electron chi connectivity index (χ3n) is 5.67. The van der Waals surface area contributed by atoms with Gasteiger partial charge < -0.3 is 0 Å². The highest BCUT2D eigenvalue weighted by Gasteiger charge is 2.46. The van der Waals surface area contributed by atoms with Crippen molar-refractivity contribution in [3.63, 3.8) is 0 Å². The first kappa shape index (κ1) is 11.5. The molecule has 0 N–H and O–H groups in total. The first-order chi connectivity index (χ1) is 9.20. The van der Waals surface area contributed by atoms with E-state index in [1.807, 2.05) is 0 Å². The molecule has 0 unspecified atom stereocenters. The molecule has 19 heavy (non-hydrogen) atoms. The summed E-state index contributed by atoms with van der Waals surface area (Å²) in [6, 6.07) is 0. The van der Waals surface area contributed by atoms with Gasteiger partial charge in [-0.25, -0.2) is 0 Å². The lowest BCUT2D eigenvalue weighted by Crippen LogP contribution is -2.35. The van der Waals surface area contributed by atoms with E-state index in [1.54, 1.807) is 11.6 Å². The fourth-order valence-electron chi connectivity index (χ4n) is 4.50. The molecule has 0 amide bonds. The quantitative estimate of drug-likeness (QED) is 0.633. The van der Waals surface area contributed by atoms with E-state index in [1.165, 1.54) is 36.8 Å². The number of ketones is 1. The molecule has 0 radical (unpaired) electrons. The summed E-state index contributed by atoms with van der Waals surface area (Å²) < 4.78 is 0. The highest BCUT2D eigenvalue weighted by atomic mass is 16.1. The fraction of sp³-hybridized carbons (Fsp3) is 0.500. The van der Waals surface area contributed by atoms with Crippen LogP contribution >= 0.6 is 0 Å². The molecule has 0 fully saturated rings. The van der Waals surface area contributed by atoms with Crippen molar-refractivity contribution in [2.24, 2.45) is 17.3 Å². The molecule has 0 spiro atoms. The summed E-state index contributed by atoms with van der Waals surface area (Å²) in [5.74, 6) is 1.69. The maximum atomic E-state index is 12.1. The molecule has 4 aliphatic rings. The predicted molar refractivity (Wildman–Crippen MR) is 76.6 cm³/mol. The SMILES string of the molecule is C[C@]12CC[C@H]3C(=C1C=CC2=O)C=CC1=CCCC[C@@H]13. The standard InChI is InChI=1S/C18H20O/c1-18-11-10-14-13-5-3-2-4-12(13)6-7-15(14)16(18)8-9-17(18)19/h4,6-9,13-14H,2-3,5,10-11H2,1H3/t13-,14+,18-/m0/s1. The average Bonchev–Trinajstić information content (AvgIpc) is 2.75. The van der Waals surface area contributed by atoms with Gasteiger partial charge in [-0.2, -0.15) is 0 Å². The summed E-state index contributed by atoms with van der Waals surface area (Å²) in [6.07, 6.45) is 17.0. The topological polar surface area (TPSA) is 17.1 Å². The van der Waals surface area contributed by atoms with Gasteiger partial charge in [-0.1, -0.05) is 24.3 Å². The third kappa shape index (κ3) is 1.45. The average molecular weight is 252 g/mol. The molecule has 0 aliphatic heterocycles. The van der Waals surface area contributed by atoms with Gasteiger partial charge in [0.15, 0.2) is 5.78 Å². The molecule has 4 aliphatic carbocycles. The molecule has 0 heterocycles. The van der Waals surface area contributed by atoms with Crippen LogP contribution in [-0.2, 0) is 4.79 Å². The van der Waals surface area contributed by atoms with Crippen molar-refractivity contribution >= 4 is 5.78 Å². The van der Waals surface area contributed by atoms with Crippen LogP contribution in [0.2, 0.25) is 0 Å². The number of carbonyl (C=O) groups is 1. The summed E-state index contributed by atoms with van der Waals surface area (Å²) in [5.41, 5.74) is 4.11. The van der Waals surface area contributed by atoms with Crippen LogP contribution in [0.5, 0.6) is 0 Å². The molecule has 0 aromatic rings. The minimum Gasteiger partial charge on any atom is -0.294 e. The summed E-state index contributed by atoms with van der Waals surface area (Å²) in [4.78, 5) is 12.1. The Kier molecular flexibility index (Phi) is 2.30. The molecule has 3 atom stereocenters. The van der Waals surface area contributed by atoms with E-state index >= 15 is 0 Å². The lowest BCUT2D eigenvalue weighted by molar-refractivity contribution is -0.121. The van der Waals surface area contributed by atoms with Crippen molar-refractivity contribution in [2.75, 3.05) is 0 Å². The lowest BCUT2D eigenvalue weighted by Gasteiger charge is -2.42. The number of hydrogen-bond donors (Lipinski definition) is 0. The van der Waals surface area contributed by atoms with Gasteiger partial charge in [0.2, 0.25) is 0 Å². The minimum absolute atomic E-state index is 0.216. The predicted octanol–water partition coefficient (Wildman–Crippen LogP) is 4.13. The summed E-state index contributed by atoms with van der Waals surface area (Å²) in [5, 5.41) is 0. The minimum atomic E-state index is -0.216. The van der Waals surface area contributed by atoms with Crippen molar-refractivity contribution in [1.82, 2.24) is 0 Å². The van der Waals surface area contributed by atoms with Crippen molar-refractivity contribution < 1.29 is 4.79 Å². The second kappa shape index (κ2) is 3.82. The monoisotopic (exact) mass is 252 g/mol. The Morgan fingerprint density at radius 1 is 1.11 bits per heavy atom. The van der Waals surface area contributed by atoms with Crippen molar-refractivity contribution in [3.8, 4) is 0 Å². The van der Waals surface area contributed by atoms with Gasteiger partial charge in [-0.3, -0.25) is 4.79 Å². The van der Waals surface area contributed by atoms with E-state index in [-0.39, 0.29) is 5.41 Å². The van der Waals surface area contributed by atoms with Gasteiger partial charge in [-0.05, 0) is 73.7 Å². The highest BCUT2D eigenvalue weighted by Crippen LogP contribution is 2.53. The van der Waals surface area contributed by atoms with Crippen LogP contribution in [-0.4, -0.2) is 5.78 Å². The Hall–Kier alpha value is -1.37. The molecule has 98 valence electrons. The summed E-state index contributed by atoms with van der Waals surface area (Å²) in [6.45, 7) is 2.13. The van der Waals surface area contributed by atoms with E-state index in [2.05, 4.69) is 31.2 Å². The van der Waals surface area contributed by atoms with E-state index in [0.29, 0.717) is 11.7 Å². The molecular weight excluding hydrogens is 232 g/mol. The zero-order valence-corrected chi connectivity index (χ0v) is 11.5. The largest absolute Gasteiger partial charge is 0.294 e. The molecule has 0 aromatic carbocycles. The zero-order valence-electron chi connectivity index (χ0n) is 11.5. The Labute approximate surface area is 114 Å². The van der Waals surface area contributed by atoms with Crippen LogP contribution in [0.25, 0.3) is 0 Å². The molecular formula is C18H20O. The van der Waals surface area contributed by atoms with Crippen LogP contribution in [0.4, 0.5) is 0 Å². The van der Waals surface area contributed by atoms with Crippen LogP contribution < -0.4 is 0 Å². The number of hydrogen-bond acceptors (Lipinski definition) is 1. The van der Waals surface area contributed by atoms with E-state index in [9.17, 15) is 4.79 Å². The van der Waals surface area contributed by atoms with Gasteiger partial charge in [0, 0.05) is 0 Å². The first-order valence-electron chi connectivity index (χ1n) is 7.55. The molecule has 0 bridgehead atoms. The molecule has 1 heteroatoms. The van der Waals surface area contributed by atoms with Crippen molar-refractivity contribution in [3.05, 3.63) is 47.1 Å². The van der Waals surface area contributed by atoms with Crippen LogP contribution in [0.15, 0.2) is 47.1 Å². The molecule has 0 aromatic heterocycles. The highest BCUT2D eigenvalue weighted by molar-refractivity contribution is 6.02. The zero-order chi connectivity index (χ0) is 13.0. The number of carbonyl (C=O) groups excluding carboxylic acids is 1. The molecule has 0 saturated carbocycles. The summed E-state index contributed by atoms with van der Waals surface area (Å²) in [7, 11) is 0. The maximum absolute atomic E-state index is 12.1. The third-order valence-corrected chi connectivity index (χ3v) is 5.67. The molecule has 0 saturated heterocycles. The number of fused-ring (bicyclic) bond motifs is 4. The van der Waals surface area contributed by atoms with Gasteiger partial charge in [-0.15, -0.1) is 0 Å². The Morgan fingerprint density at radius 3 is 2.89 bits per heavy atom. The van der Waals surface area contributed by atoms with Gasteiger partial charge >= 0.3 is 0 Å². The normalized spacial score (nSPS) is 39.8. The first-order valence-corrected chi connectivity index (χ1v) is 7.55. The molecule has 4 rings (SSSR count). The fourth-order valence-corrected chi connectivity index (χ4v) is 4.50. The Balaban J connectivity index is 1.86. The number of allylic oxidation sites excluding steroid dienone is 8. The summed E-state index contributed by atoms with van der Waals surface area (Å²) >= 11 is 0. The van der Waals surface area contributed by atoms with E-state index in [0.717, 1.165) is 12.3 Å². The van der Waals surface area contributed by atoms with Gasteiger partial charge in [0.1, 0.15) is 0 Å². The van der Waals surface area contributed by atoms with Gasteiger partial charge in [0.25, 0.3) is 0 Å². The van der Waals surface area contributed by atoms with E-state index in [4.69, 9.17) is 0 Å². The Morgan fingerprint density at radius 2 is 2.00 bits per heavy atom. The second-order valence-electron chi connectivity index (χ2n) is 6.62. The molecule has 1 nitrogen and oxygen atoms in total. The van der Waals surface area contributed by atoms with Crippen LogP contribution in [0, 0.1) is 17.3 Å². The maximum Gasteiger partial charge on any atom is 0.165 e. The van der Waals surface area contributed by atoms with E-state index < -0.39 is 0 Å². The van der Waals surface area contributed by atoms with Gasteiger partial charge in [0.05, 0.1) is 5.41 Å². The van der Waals surface area contributed by atoms with Crippen molar-refractivity contribution in [2.45, 2.75) is 39.0 Å². The second-order valence-corrected chi connectivity index (χ2v) is 6.62. The smallest absolute Gasteiger partial charge is 0.165 e.